The minimum Gasteiger partial charge on any atom is -0.245 e. The Hall–Kier alpha value is -1.96. The molecular weight excluding hydrogens is 184 g/mol. The minimum absolute atomic E-state index is 0.940. The van der Waals surface area contributed by atoms with Gasteiger partial charge in [0, 0.05) is 11.8 Å². The van der Waals surface area contributed by atoms with Crippen molar-refractivity contribution in [3.05, 3.63) is 61.4 Å². The van der Waals surface area contributed by atoms with Gasteiger partial charge in [0.15, 0.2) is 0 Å². The smallest absolute Gasteiger partial charge is 0.116 e. The SMILES string of the molecule is [CH2]/C=C/c1ccc(-c2ccncn2)cc1. The average Bonchev–Trinajstić information content (AvgIpc) is 2.32. The zero-order valence-electron chi connectivity index (χ0n) is 8.30. The molecule has 1 radical (unpaired) electrons. The molecule has 0 spiro atoms. The Kier molecular flexibility index (Phi) is 2.88. The zero-order valence-corrected chi connectivity index (χ0v) is 8.30. The Morgan fingerprint density at radius 1 is 1.07 bits per heavy atom. The van der Waals surface area contributed by atoms with E-state index in [0.29, 0.717) is 0 Å². The summed E-state index contributed by atoms with van der Waals surface area (Å²) in [6, 6.07) is 10.1. The standard InChI is InChI=1S/C13H11N2/c1-2-3-11-4-6-12(7-5-11)13-8-9-14-10-15-13/h2-10H,1H2/b3-2+. The molecule has 1 heterocycles. The van der Waals surface area contributed by atoms with Crippen LogP contribution in [-0.4, -0.2) is 9.97 Å². The van der Waals surface area contributed by atoms with Crippen molar-refractivity contribution in [1.82, 2.24) is 9.97 Å². The summed E-state index contributed by atoms with van der Waals surface area (Å²) in [5.41, 5.74) is 3.18. The molecule has 2 rings (SSSR count). The lowest BCUT2D eigenvalue weighted by Gasteiger charge is -2.00. The highest BCUT2D eigenvalue weighted by Crippen LogP contribution is 2.16. The fraction of sp³-hybridized carbons (Fsp3) is 0. The maximum Gasteiger partial charge on any atom is 0.116 e. The van der Waals surface area contributed by atoms with Gasteiger partial charge in [0.1, 0.15) is 6.33 Å². The van der Waals surface area contributed by atoms with Crippen molar-refractivity contribution in [2.24, 2.45) is 0 Å². The van der Waals surface area contributed by atoms with E-state index in [-0.39, 0.29) is 0 Å². The Morgan fingerprint density at radius 2 is 1.87 bits per heavy atom. The zero-order chi connectivity index (χ0) is 10.5. The summed E-state index contributed by atoms with van der Waals surface area (Å²) in [4.78, 5) is 8.07. The van der Waals surface area contributed by atoms with Gasteiger partial charge in [0.25, 0.3) is 0 Å². The Balaban J connectivity index is 2.32. The highest BCUT2D eigenvalue weighted by atomic mass is 14.8. The summed E-state index contributed by atoms with van der Waals surface area (Å²) in [7, 11) is 0. The summed E-state index contributed by atoms with van der Waals surface area (Å²) in [5.74, 6) is 0. The van der Waals surface area contributed by atoms with Crippen molar-refractivity contribution in [3.8, 4) is 11.3 Å². The molecule has 0 aliphatic rings. The fourth-order valence-electron chi connectivity index (χ4n) is 1.36. The minimum atomic E-state index is 0.940. The summed E-state index contributed by atoms with van der Waals surface area (Å²) >= 11 is 0. The van der Waals surface area contributed by atoms with E-state index in [1.165, 1.54) is 0 Å². The number of allylic oxidation sites excluding steroid dienone is 1. The first-order chi connectivity index (χ1) is 7.40. The topological polar surface area (TPSA) is 25.8 Å². The summed E-state index contributed by atoms with van der Waals surface area (Å²) < 4.78 is 0. The second kappa shape index (κ2) is 4.51. The van der Waals surface area contributed by atoms with E-state index in [1.54, 1.807) is 18.6 Å². The molecule has 0 fully saturated rings. The molecular formula is C13H11N2. The van der Waals surface area contributed by atoms with Crippen LogP contribution in [0.15, 0.2) is 48.9 Å². The van der Waals surface area contributed by atoms with Crippen LogP contribution < -0.4 is 0 Å². The third-order valence-electron chi connectivity index (χ3n) is 2.10. The van der Waals surface area contributed by atoms with Crippen LogP contribution in [0.5, 0.6) is 0 Å². The second-order valence-electron chi connectivity index (χ2n) is 3.12. The van der Waals surface area contributed by atoms with E-state index >= 15 is 0 Å². The van der Waals surface area contributed by atoms with Gasteiger partial charge in [-0.05, 0) is 18.6 Å². The normalized spacial score (nSPS) is 10.7. The molecule has 1 aromatic heterocycles. The van der Waals surface area contributed by atoms with E-state index in [1.807, 2.05) is 36.4 Å². The summed E-state index contributed by atoms with van der Waals surface area (Å²) in [6.07, 6.45) is 7.04. The van der Waals surface area contributed by atoms with Gasteiger partial charge in [0.2, 0.25) is 0 Å². The number of aromatic nitrogens is 2. The van der Waals surface area contributed by atoms with Crippen molar-refractivity contribution in [2.75, 3.05) is 0 Å². The molecule has 0 saturated carbocycles. The molecule has 0 saturated heterocycles. The van der Waals surface area contributed by atoms with Gasteiger partial charge in [-0.1, -0.05) is 36.4 Å². The van der Waals surface area contributed by atoms with Gasteiger partial charge >= 0.3 is 0 Å². The van der Waals surface area contributed by atoms with E-state index in [9.17, 15) is 0 Å². The Bertz CT molecular complexity index is 444. The molecule has 2 aromatic rings. The number of hydrogen-bond donors (Lipinski definition) is 0. The van der Waals surface area contributed by atoms with Crippen LogP contribution in [0.25, 0.3) is 17.3 Å². The van der Waals surface area contributed by atoms with Crippen LogP contribution in [0.1, 0.15) is 5.56 Å². The second-order valence-corrected chi connectivity index (χ2v) is 3.12. The van der Waals surface area contributed by atoms with Crippen molar-refractivity contribution < 1.29 is 0 Å². The van der Waals surface area contributed by atoms with Crippen molar-refractivity contribution >= 4 is 6.08 Å². The van der Waals surface area contributed by atoms with Gasteiger partial charge in [-0.15, -0.1) is 0 Å². The first-order valence-electron chi connectivity index (χ1n) is 4.72. The predicted molar refractivity (Wildman–Crippen MR) is 61.9 cm³/mol. The first-order valence-corrected chi connectivity index (χ1v) is 4.72. The van der Waals surface area contributed by atoms with Gasteiger partial charge in [-0.2, -0.15) is 0 Å². The molecule has 0 unspecified atom stereocenters. The highest BCUT2D eigenvalue weighted by molar-refractivity contribution is 5.61. The lowest BCUT2D eigenvalue weighted by Crippen LogP contribution is -1.83. The Morgan fingerprint density at radius 3 is 2.47 bits per heavy atom. The maximum atomic E-state index is 4.18. The summed E-state index contributed by atoms with van der Waals surface area (Å²) in [5, 5.41) is 0. The highest BCUT2D eigenvalue weighted by Gasteiger charge is 1.96. The number of hydrogen-bond acceptors (Lipinski definition) is 2. The molecule has 0 aliphatic heterocycles. The fourth-order valence-corrected chi connectivity index (χ4v) is 1.36. The molecule has 2 nitrogen and oxygen atoms in total. The molecule has 0 amide bonds. The lowest BCUT2D eigenvalue weighted by atomic mass is 10.1. The van der Waals surface area contributed by atoms with Gasteiger partial charge in [-0.3, -0.25) is 0 Å². The van der Waals surface area contributed by atoms with Crippen LogP contribution in [-0.2, 0) is 0 Å². The largest absolute Gasteiger partial charge is 0.245 e. The molecule has 0 N–H and O–H groups in total. The molecule has 2 heteroatoms. The van der Waals surface area contributed by atoms with E-state index in [0.717, 1.165) is 16.8 Å². The summed E-state index contributed by atoms with van der Waals surface area (Å²) in [6.45, 7) is 3.66. The van der Waals surface area contributed by atoms with Gasteiger partial charge < -0.3 is 0 Å². The quantitative estimate of drug-likeness (QED) is 0.736. The molecule has 0 aliphatic carbocycles. The average molecular weight is 195 g/mol. The first kappa shape index (κ1) is 9.59. The van der Waals surface area contributed by atoms with Crippen molar-refractivity contribution in [2.45, 2.75) is 0 Å². The monoisotopic (exact) mass is 195 g/mol. The predicted octanol–water partition coefficient (Wildman–Crippen LogP) is 2.99. The third-order valence-corrected chi connectivity index (χ3v) is 2.10. The molecule has 1 aromatic carbocycles. The van der Waals surface area contributed by atoms with Crippen LogP contribution >= 0.6 is 0 Å². The number of benzene rings is 1. The maximum absolute atomic E-state index is 4.18. The molecule has 0 atom stereocenters. The van der Waals surface area contributed by atoms with Crippen molar-refractivity contribution in [3.63, 3.8) is 0 Å². The molecule has 73 valence electrons. The van der Waals surface area contributed by atoms with Crippen LogP contribution in [0.4, 0.5) is 0 Å². The Labute approximate surface area is 89.3 Å². The van der Waals surface area contributed by atoms with Gasteiger partial charge in [0.05, 0.1) is 5.69 Å². The van der Waals surface area contributed by atoms with Gasteiger partial charge in [-0.25, -0.2) is 9.97 Å². The van der Waals surface area contributed by atoms with Crippen LogP contribution in [0.2, 0.25) is 0 Å². The molecule has 0 bridgehead atoms. The molecule has 15 heavy (non-hydrogen) atoms. The lowest BCUT2D eigenvalue weighted by molar-refractivity contribution is 1.17. The third kappa shape index (κ3) is 2.29. The van der Waals surface area contributed by atoms with E-state index < -0.39 is 0 Å². The van der Waals surface area contributed by atoms with E-state index in [4.69, 9.17) is 0 Å². The number of nitrogens with zero attached hydrogens (tertiary/aromatic N) is 2. The van der Waals surface area contributed by atoms with Crippen LogP contribution in [0, 0.1) is 6.92 Å². The van der Waals surface area contributed by atoms with Crippen molar-refractivity contribution in [1.29, 1.82) is 0 Å². The van der Waals surface area contributed by atoms with Crippen LogP contribution in [0.3, 0.4) is 0 Å². The van der Waals surface area contributed by atoms with E-state index in [2.05, 4.69) is 16.9 Å². The number of rotatable bonds is 2.